The van der Waals surface area contributed by atoms with E-state index < -0.39 is 0 Å². The van der Waals surface area contributed by atoms with E-state index in [0.29, 0.717) is 6.04 Å². The lowest BCUT2D eigenvalue weighted by Gasteiger charge is -2.24. The minimum atomic E-state index is -0.180. The lowest BCUT2D eigenvalue weighted by molar-refractivity contribution is 0.101. The van der Waals surface area contributed by atoms with Gasteiger partial charge < -0.3 is 5.11 Å². The van der Waals surface area contributed by atoms with Crippen molar-refractivity contribution < 1.29 is 5.11 Å². The molecule has 1 saturated carbocycles. The van der Waals surface area contributed by atoms with Gasteiger partial charge in [-0.3, -0.25) is 4.90 Å². The van der Waals surface area contributed by atoms with Crippen LogP contribution >= 0.6 is 0 Å². The Labute approximate surface area is 104 Å². The van der Waals surface area contributed by atoms with Gasteiger partial charge in [0.15, 0.2) is 0 Å². The number of aliphatic hydroxyl groups is 1. The molecule has 94 valence electrons. The zero-order chi connectivity index (χ0) is 12.3. The SMILES string of the molecule is CCC(O)CN(Cc1cccc(C)c1)C1CC1. The van der Waals surface area contributed by atoms with E-state index in [4.69, 9.17) is 0 Å². The van der Waals surface area contributed by atoms with Crippen molar-refractivity contribution in [2.75, 3.05) is 6.54 Å². The van der Waals surface area contributed by atoms with Gasteiger partial charge in [-0.05, 0) is 31.7 Å². The van der Waals surface area contributed by atoms with Crippen molar-refractivity contribution in [3.63, 3.8) is 0 Å². The van der Waals surface area contributed by atoms with Crippen LogP contribution in [0.3, 0.4) is 0 Å². The van der Waals surface area contributed by atoms with E-state index in [2.05, 4.69) is 36.1 Å². The predicted octanol–water partition coefficient (Wildman–Crippen LogP) is 2.73. The highest BCUT2D eigenvalue weighted by atomic mass is 16.3. The fraction of sp³-hybridized carbons (Fsp3) is 0.600. The molecular formula is C15H23NO. The van der Waals surface area contributed by atoms with Crippen molar-refractivity contribution in [3.05, 3.63) is 35.4 Å². The first-order valence-electron chi connectivity index (χ1n) is 6.66. The molecule has 1 N–H and O–H groups in total. The first-order chi connectivity index (χ1) is 8.19. The third kappa shape index (κ3) is 3.83. The van der Waals surface area contributed by atoms with Crippen molar-refractivity contribution in [1.29, 1.82) is 0 Å². The minimum Gasteiger partial charge on any atom is -0.392 e. The highest BCUT2D eigenvalue weighted by Crippen LogP contribution is 2.28. The number of hydrogen-bond donors (Lipinski definition) is 1. The summed E-state index contributed by atoms with van der Waals surface area (Å²) in [5, 5.41) is 9.80. The van der Waals surface area contributed by atoms with Gasteiger partial charge in [0.05, 0.1) is 6.10 Å². The average Bonchev–Trinajstić information content (AvgIpc) is 3.12. The van der Waals surface area contributed by atoms with Crippen LogP contribution in [-0.2, 0) is 6.54 Å². The van der Waals surface area contributed by atoms with Crippen LogP contribution in [0, 0.1) is 6.92 Å². The standard InChI is InChI=1S/C15H23NO/c1-3-15(17)11-16(14-7-8-14)10-13-6-4-5-12(2)9-13/h4-6,9,14-15,17H,3,7-8,10-11H2,1-2H3. The summed E-state index contributed by atoms with van der Waals surface area (Å²) in [7, 11) is 0. The third-order valence-electron chi connectivity index (χ3n) is 3.45. The van der Waals surface area contributed by atoms with E-state index >= 15 is 0 Å². The van der Waals surface area contributed by atoms with Crippen molar-refractivity contribution in [2.45, 2.75) is 51.8 Å². The molecule has 1 aromatic carbocycles. The largest absolute Gasteiger partial charge is 0.392 e. The molecule has 0 amide bonds. The van der Waals surface area contributed by atoms with Gasteiger partial charge in [-0.1, -0.05) is 36.8 Å². The Balaban J connectivity index is 1.97. The van der Waals surface area contributed by atoms with Gasteiger partial charge in [0.2, 0.25) is 0 Å². The normalized spacial score (nSPS) is 17.4. The Kier molecular flexibility index (Phi) is 4.19. The molecule has 0 saturated heterocycles. The first-order valence-corrected chi connectivity index (χ1v) is 6.66. The van der Waals surface area contributed by atoms with Crippen LogP contribution in [0.1, 0.15) is 37.3 Å². The van der Waals surface area contributed by atoms with Gasteiger partial charge in [0, 0.05) is 19.1 Å². The van der Waals surface area contributed by atoms with Crippen LogP contribution in [0.5, 0.6) is 0 Å². The van der Waals surface area contributed by atoms with Crippen LogP contribution in [0.15, 0.2) is 24.3 Å². The van der Waals surface area contributed by atoms with E-state index in [1.165, 1.54) is 24.0 Å². The molecule has 0 radical (unpaired) electrons. The number of aryl methyl sites for hydroxylation is 1. The van der Waals surface area contributed by atoms with Gasteiger partial charge in [-0.15, -0.1) is 0 Å². The van der Waals surface area contributed by atoms with Gasteiger partial charge in [0.1, 0.15) is 0 Å². The molecule has 0 bridgehead atoms. The summed E-state index contributed by atoms with van der Waals surface area (Å²) in [6.45, 7) is 5.97. The van der Waals surface area contributed by atoms with Crippen molar-refractivity contribution in [1.82, 2.24) is 4.90 Å². The summed E-state index contributed by atoms with van der Waals surface area (Å²) in [6, 6.07) is 9.38. The minimum absolute atomic E-state index is 0.180. The lowest BCUT2D eigenvalue weighted by Crippen LogP contribution is -2.33. The maximum atomic E-state index is 9.80. The summed E-state index contributed by atoms with van der Waals surface area (Å²) < 4.78 is 0. The zero-order valence-corrected chi connectivity index (χ0v) is 10.9. The van der Waals surface area contributed by atoms with E-state index in [-0.39, 0.29) is 6.10 Å². The Morgan fingerprint density at radius 3 is 2.76 bits per heavy atom. The molecule has 0 aliphatic heterocycles. The van der Waals surface area contributed by atoms with E-state index in [1.54, 1.807) is 0 Å². The fourth-order valence-electron chi connectivity index (χ4n) is 2.23. The van der Waals surface area contributed by atoms with Crippen LogP contribution in [0.2, 0.25) is 0 Å². The second-order valence-corrected chi connectivity index (χ2v) is 5.21. The number of rotatable bonds is 6. The topological polar surface area (TPSA) is 23.5 Å². The zero-order valence-electron chi connectivity index (χ0n) is 10.9. The predicted molar refractivity (Wildman–Crippen MR) is 70.9 cm³/mol. The van der Waals surface area contributed by atoms with Gasteiger partial charge in [0.25, 0.3) is 0 Å². The lowest BCUT2D eigenvalue weighted by atomic mass is 10.1. The fourth-order valence-corrected chi connectivity index (χ4v) is 2.23. The van der Waals surface area contributed by atoms with Crippen molar-refractivity contribution in [3.8, 4) is 0 Å². The average molecular weight is 233 g/mol. The van der Waals surface area contributed by atoms with E-state index in [1.807, 2.05) is 6.92 Å². The van der Waals surface area contributed by atoms with Crippen LogP contribution < -0.4 is 0 Å². The maximum Gasteiger partial charge on any atom is 0.0664 e. The number of aliphatic hydroxyl groups excluding tert-OH is 1. The van der Waals surface area contributed by atoms with Gasteiger partial charge >= 0.3 is 0 Å². The molecule has 0 heterocycles. The Bertz CT molecular complexity index is 360. The van der Waals surface area contributed by atoms with E-state index in [9.17, 15) is 5.11 Å². The quantitative estimate of drug-likeness (QED) is 0.816. The third-order valence-corrected chi connectivity index (χ3v) is 3.45. The molecule has 1 unspecified atom stereocenters. The number of nitrogens with zero attached hydrogens (tertiary/aromatic N) is 1. The summed E-state index contributed by atoms with van der Waals surface area (Å²) in [6.07, 6.45) is 3.25. The number of benzene rings is 1. The maximum absolute atomic E-state index is 9.80. The monoisotopic (exact) mass is 233 g/mol. The second-order valence-electron chi connectivity index (χ2n) is 5.21. The van der Waals surface area contributed by atoms with Crippen LogP contribution in [-0.4, -0.2) is 28.7 Å². The van der Waals surface area contributed by atoms with Gasteiger partial charge in [-0.2, -0.15) is 0 Å². The molecule has 1 fully saturated rings. The summed E-state index contributed by atoms with van der Waals surface area (Å²) in [5.41, 5.74) is 2.68. The Morgan fingerprint density at radius 2 is 2.18 bits per heavy atom. The molecule has 1 aliphatic carbocycles. The summed E-state index contributed by atoms with van der Waals surface area (Å²) >= 11 is 0. The molecule has 2 rings (SSSR count). The summed E-state index contributed by atoms with van der Waals surface area (Å²) in [5.74, 6) is 0. The van der Waals surface area contributed by atoms with Crippen LogP contribution in [0.4, 0.5) is 0 Å². The molecule has 2 nitrogen and oxygen atoms in total. The molecule has 0 aromatic heterocycles. The molecule has 1 aromatic rings. The molecule has 1 atom stereocenters. The highest BCUT2D eigenvalue weighted by molar-refractivity contribution is 5.22. The molecule has 17 heavy (non-hydrogen) atoms. The van der Waals surface area contributed by atoms with Crippen molar-refractivity contribution >= 4 is 0 Å². The Hall–Kier alpha value is -0.860. The first kappa shape index (κ1) is 12.6. The Morgan fingerprint density at radius 1 is 1.41 bits per heavy atom. The molecule has 1 aliphatic rings. The van der Waals surface area contributed by atoms with Crippen molar-refractivity contribution in [2.24, 2.45) is 0 Å². The highest BCUT2D eigenvalue weighted by Gasteiger charge is 2.29. The second kappa shape index (κ2) is 5.65. The molecule has 2 heteroatoms. The smallest absolute Gasteiger partial charge is 0.0664 e. The molecular weight excluding hydrogens is 210 g/mol. The van der Waals surface area contributed by atoms with E-state index in [0.717, 1.165) is 19.5 Å². The summed E-state index contributed by atoms with van der Waals surface area (Å²) in [4.78, 5) is 2.43. The van der Waals surface area contributed by atoms with Crippen LogP contribution in [0.25, 0.3) is 0 Å². The molecule has 0 spiro atoms. The van der Waals surface area contributed by atoms with Gasteiger partial charge in [-0.25, -0.2) is 0 Å². The number of hydrogen-bond acceptors (Lipinski definition) is 2.